The molecule has 352 valence electrons. The molecule has 0 bridgehead atoms. The second kappa shape index (κ2) is 15.9. The van der Waals surface area contributed by atoms with Crippen molar-refractivity contribution in [2.45, 2.75) is 6.92 Å². The van der Waals surface area contributed by atoms with E-state index >= 15 is 0 Å². The van der Waals surface area contributed by atoms with Gasteiger partial charge < -0.3 is 18.3 Å². The Balaban J connectivity index is 1.23. The zero-order valence-corrected chi connectivity index (χ0v) is 41.8. The number of fused-ring (bicyclic) bond motifs is 16. The van der Waals surface area contributed by atoms with Gasteiger partial charge in [0.25, 0.3) is 0 Å². The maximum Gasteiger partial charge on any atom is 0.104 e. The molecular weight excluding hydrogens is 945 g/mol. The van der Waals surface area contributed by atoms with E-state index in [0.29, 0.717) is 33.9 Å². The lowest BCUT2D eigenvalue weighted by atomic mass is 9.98. The summed E-state index contributed by atoms with van der Waals surface area (Å²) in [5.41, 5.74) is 14.3. The van der Waals surface area contributed by atoms with Gasteiger partial charge in [-0.2, -0.15) is 10.5 Å². The van der Waals surface area contributed by atoms with Crippen LogP contribution in [-0.2, 0) is 0 Å². The molecule has 0 unspecified atom stereocenters. The summed E-state index contributed by atoms with van der Waals surface area (Å²) in [6, 6.07) is 85.2. The number of aryl methyl sites for hydroxylation is 1. The number of thiophene rings is 1. The van der Waals surface area contributed by atoms with E-state index in [1.54, 1.807) is 11.3 Å². The predicted octanol–water partition coefficient (Wildman–Crippen LogP) is 18.2. The molecule has 0 radical (unpaired) electrons. The minimum Gasteiger partial charge on any atom is -0.306 e. The van der Waals surface area contributed by atoms with Crippen LogP contribution in [0.1, 0.15) is 16.7 Å². The summed E-state index contributed by atoms with van der Waals surface area (Å²) >= 11 is 1.77. The number of nitriles is 2. The van der Waals surface area contributed by atoms with E-state index < -0.39 is 0 Å². The SMILES string of the molecule is Cc1ccccc1-c1ccc2c(c1)c1ccc3c4ccccc4sc3c1n2-c1c(C#N)c(-n2c3ccccc3c3ccccc32)c(-n2c3ccccc3c3ccccc32)c(C#N)c1-n1c2ccccc2c2ccccc21. The number of benzene rings is 11. The third-order valence-electron chi connectivity index (χ3n) is 16.0. The van der Waals surface area contributed by atoms with Crippen molar-refractivity contribution in [3.05, 3.63) is 241 Å². The highest BCUT2D eigenvalue weighted by molar-refractivity contribution is 7.26. The molecular formula is C69H40N6S. The minimum atomic E-state index is 0.430. The molecule has 16 rings (SSSR count). The van der Waals surface area contributed by atoms with E-state index in [1.165, 1.54) is 15.6 Å². The van der Waals surface area contributed by atoms with Gasteiger partial charge in [-0.05, 0) is 78.2 Å². The number of para-hydroxylation sites is 6. The number of aromatic nitrogens is 4. The Hall–Kier alpha value is -10.2. The monoisotopic (exact) mass is 984 g/mol. The fraction of sp³-hybridized carbons (Fsp3) is 0.0145. The lowest BCUT2D eigenvalue weighted by molar-refractivity contribution is 1.03. The molecule has 0 atom stereocenters. The topological polar surface area (TPSA) is 67.3 Å². The summed E-state index contributed by atoms with van der Waals surface area (Å²) in [4.78, 5) is 0. The molecule has 76 heavy (non-hydrogen) atoms. The molecule has 6 nitrogen and oxygen atoms in total. The molecule has 5 aromatic heterocycles. The summed E-state index contributed by atoms with van der Waals surface area (Å²) in [7, 11) is 0. The van der Waals surface area contributed by atoms with Crippen molar-refractivity contribution in [2.24, 2.45) is 0 Å². The highest BCUT2D eigenvalue weighted by atomic mass is 32.1. The third-order valence-corrected chi connectivity index (χ3v) is 17.2. The Morgan fingerprint density at radius 3 is 1.14 bits per heavy atom. The van der Waals surface area contributed by atoms with Crippen LogP contribution in [0, 0.1) is 29.6 Å². The maximum absolute atomic E-state index is 12.8. The molecule has 0 aliphatic carbocycles. The van der Waals surface area contributed by atoms with Crippen LogP contribution in [0.3, 0.4) is 0 Å². The van der Waals surface area contributed by atoms with Crippen LogP contribution in [-0.4, -0.2) is 18.3 Å². The normalized spacial score (nSPS) is 12.0. The van der Waals surface area contributed by atoms with E-state index in [0.717, 1.165) is 108 Å². The summed E-state index contributed by atoms with van der Waals surface area (Å²) in [5.74, 6) is 0. The van der Waals surface area contributed by atoms with Gasteiger partial charge in [0.15, 0.2) is 0 Å². The van der Waals surface area contributed by atoms with E-state index in [9.17, 15) is 10.5 Å². The fourth-order valence-electron chi connectivity index (χ4n) is 12.8. The van der Waals surface area contributed by atoms with Gasteiger partial charge in [0.2, 0.25) is 0 Å². The first-order chi connectivity index (χ1) is 37.6. The van der Waals surface area contributed by atoms with Gasteiger partial charge in [-0.15, -0.1) is 11.3 Å². The van der Waals surface area contributed by atoms with Crippen molar-refractivity contribution in [1.82, 2.24) is 18.3 Å². The summed E-state index contributed by atoms with van der Waals surface area (Å²) < 4.78 is 11.4. The molecule has 0 aliphatic heterocycles. The Labute approximate surface area is 439 Å². The van der Waals surface area contributed by atoms with Crippen LogP contribution >= 0.6 is 11.3 Å². The summed E-state index contributed by atoms with van der Waals surface area (Å²) in [6.45, 7) is 2.17. The first-order valence-corrected chi connectivity index (χ1v) is 26.4. The minimum absolute atomic E-state index is 0.430. The van der Waals surface area contributed by atoms with Crippen LogP contribution in [0.2, 0.25) is 0 Å². The second-order valence-corrected chi connectivity index (χ2v) is 20.8. The maximum atomic E-state index is 12.8. The quantitative estimate of drug-likeness (QED) is 0.172. The lowest BCUT2D eigenvalue weighted by Crippen LogP contribution is -2.16. The second-order valence-electron chi connectivity index (χ2n) is 19.8. The fourth-order valence-corrected chi connectivity index (χ4v) is 14.1. The van der Waals surface area contributed by atoms with E-state index in [1.807, 2.05) is 0 Å². The van der Waals surface area contributed by atoms with E-state index in [4.69, 9.17) is 0 Å². The average Bonchev–Trinajstić information content (AvgIpc) is 4.34. The van der Waals surface area contributed by atoms with Gasteiger partial charge >= 0.3 is 0 Å². The van der Waals surface area contributed by atoms with Crippen molar-refractivity contribution in [2.75, 3.05) is 0 Å². The highest BCUT2D eigenvalue weighted by Gasteiger charge is 2.35. The molecule has 5 heterocycles. The van der Waals surface area contributed by atoms with Gasteiger partial charge in [0, 0.05) is 58.6 Å². The lowest BCUT2D eigenvalue weighted by Gasteiger charge is -2.27. The molecule has 0 amide bonds. The Kier molecular flexibility index (Phi) is 8.86. The molecule has 16 aromatic rings. The standard InChI is InChI=1S/C69H40N6S/c1-41-18-2-3-19-43(41)42-34-37-62-53(38-42)51-35-36-52-50-26-10-17-33-63(50)76-69(52)68(51)75(62)67-55(40-71)65(73-58-29-13-6-22-46(58)47-23-7-14-30-59(47)73)64(72-56-27-11-4-20-44(56)45-21-5-12-28-57(45)72)54(39-70)66(67)74-60-31-15-8-24-48(60)49-25-9-16-32-61(49)74/h2-38H,1H3. The van der Waals surface area contributed by atoms with E-state index in [2.05, 4.69) is 262 Å². The largest absolute Gasteiger partial charge is 0.306 e. The van der Waals surface area contributed by atoms with Crippen LogP contribution < -0.4 is 0 Å². The van der Waals surface area contributed by atoms with Crippen LogP contribution in [0.4, 0.5) is 0 Å². The molecule has 11 aromatic carbocycles. The number of nitrogens with zero attached hydrogens (tertiary/aromatic N) is 6. The van der Waals surface area contributed by atoms with Crippen molar-refractivity contribution >= 4 is 119 Å². The highest BCUT2D eigenvalue weighted by Crippen LogP contribution is 2.51. The molecule has 0 saturated carbocycles. The predicted molar refractivity (Wildman–Crippen MR) is 316 cm³/mol. The van der Waals surface area contributed by atoms with Crippen LogP contribution in [0.25, 0.3) is 141 Å². The Morgan fingerprint density at radius 1 is 0.329 bits per heavy atom. The Bertz CT molecular complexity index is 5130. The number of rotatable bonds is 5. The van der Waals surface area contributed by atoms with Crippen molar-refractivity contribution in [3.63, 3.8) is 0 Å². The molecule has 0 aliphatic rings. The number of hydrogen-bond donors (Lipinski definition) is 0. The van der Waals surface area contributed by atoms with Gasteiger partial charge in [-0.3, -0.25) is 0 Å². The average molecular weight is 985 g/mol. The summed E-state index contributed by atoms with van der Waals surface area (Å²) in [6.07, 6.45) is 0. The summed E-state index contributed by atoms with van der Waals surface area (Å²) in [5, 5.41) is 36.3. The van der Waals surface area contributed by atoms with Gasteiger partial charge in [-0.25, -0.2) is 0 Å². The van der Waals surface area contributed by atoms with E-state index in [-0.39, 0.29) is 0 Å². The molecule has 0 fully saturated rings. The first-order valence-electron chi connectivity index (χ1n) is 25.6. The van der Waals surface area contributed by atoms with Crippen LogP contribution in [0.15, 0.2) is 224 Å². The van der Waals surface area contributed by atoms with Gasteiger partial charge in [0.05, 0.1) is 71.6 Å². The first kappa shape index (κ1) is 42.3. The smallest absolute Gasteiger partial charge is 0.104 e. The van der Waals surface area contributed by atoms with Crippen molar-refractivity contribution in [3.8, 4) is 46.0 Å². The third kappa shape index (κ3) is 5.61. The Morgan fingerprint density at radius 2 is 0.697 bits per heavy atom. The molecule has 0 spiro atoms. The van der Waals surface area contributed by atoms with Crippen LogP contribution in [0.5, 0.6) is 0 Å². The molecule has 0 N–H and O–H groups in total. The number of hydrogen-bond acceptors (Lipinski definition) is 3. The zero-order valence-electron chi connectivity index (χ0n) is 41.0. The van der Waals surface area contributed by atoms with Crippen molar-refractivity contribution < 1.29 is 0 Å². The van der Waals surface area contributed by atoms with Gasteiger partial charge in [0.1, 0.15) is 23.3 Å². The zero-order chi connectivity index (χ0) is 50.3. The molecule has 7 heteroatoms. The van der Waals surface area contributed by atoms with Crippen molar-refractivity contribution in [1.29, 1.82) is 10.5 Å². The van der Waals surface area contributed by atoms with Gasteiger partial charge in [-0.1, -0.05) is 170 Å². The molecule has 0 saturated heterocycles.